The Balaban J connectivity index is 2.28. The summed E-state index contributed by atoms with van der Waals surface area (Å²) in [5.41, 5.74) is 0. The average Bonchev–Trinajstić information content (AvgIpc) is 2.91. The Bertz CT molecular complexity index is 526. The summed E-state index contributed by atoms with van der Waals surface area (Å²) in [4.78, 5) is 7.51. The molecule has 0 fully saturated rings. The molecule has 2 unspecified atom stereocenters. The zero-order valence-electron chi connectivity index (χ0n) is 9.08. The van der Waals surface area contributed by atoms with Crippen LogP contribution in [0.4, 0.5) is 0 Å². The molecule has 0 N–H and O–H groups in total. The van der Waals surface area contributed by atoms with Gasteiger partial charge in [-0.3, -0.25) is 8.90 Å². The SMILES string of the molecule is [CH2+]P(=O)(OP(C)(=O)n1ccnc1)n1ccnc1. The molecule has 0 aliphatic rings. The molecule has 2 aromatic rings. The third-order valence-electron chi connectivity index (χ3n) is 2.03. The van der Waals surface area contributed by atoms with Crippen LogP contribution >= 0.6 is 15.0 Å². The van der Waals surface area contributed by atoms with E-state index in [-0.39, 0.29) is 0 Å². The Morgan fingerprint density at radius 2 is 1.65 bits per heavy atom. The van der Waals surface area contributed by atoms with Crippen LogP contribution in [0.1, 0.15) is 0 Å². The average molecular weight is 273 g/mol. The molecule has 2 heterocycles. The van der Waals surface area contributed by atoms with Gasteiger partial charge in [-0.1, -0.05) is 0 Å². The molecule has 0 aliphatic heterocycles. The van der Waals surface area contributed by atoms with Crippen LogP contribution in [-0.4, -0.2) is 25.3 Å². The maximum atomic E-state index is 12.2. The summed E-state index contributed by atoms with van der Waals surface area (Å²) >= 11 is 0. The fraction of sp³-hybridized carbons (Fsp3) is 0.125. The highest BCUT2D eigenvalue weighted by atomic mass is 31.2. The maximum absolute atomic E-state index is 12.2. The zero-order valence-corrected chi connectivity index (χ0v) is 10.9. The lowest BCUT2D eigenvalue weighted by Crippen LogP contribution is -1.99. The second-order valence-electron chi connectivity index (χ2n) is 3.41. The molecule has 0 bridgehead atoms. The van der Waals surface area contributed by atoms with Gasteiger partial charge in [-0.2, -0.15) is 0 Å². The number of rotatable bonds is 4. The first-order chi connectivity index (χ1) is 7.92. The number of hydrogen-bond donors (Lipinski definition) is 0. The summed E-state index contributed by atoms with van der Waals surface area (Å²) in [6.45, 7) is 4.81. The summed E-state index contributed by atoms with van der Waals surface area (Å²) < 4.78 is 32.1. The summed E-state index contributed by atoms with van der Waals surface area (Å²) in [6, 6.07) is 0. The van der Waals surface area contributed by atoms with Gasteiger partial charge in [0.1, 0.15) is 12.7 Å². The van der Waals surface area contributed by atoms with Crippen molar-refractivity contribution in [1.29, 1.82) is 0 Å². The van der Waals surface area contributed by atoms with E-state index in [2.05, 4.69) is 16.6 Å². The Kier molecular flexibility index (Phi) is 3.00. The summed E-state index contributed by atoms with van der Waals surface area (Å²) in [5.74, 6) is 0. The molecule has 0 aromatic carbocycles. The topological polar surface area (TPSA) is 79.0 Å². The minimum Gasteiger partial charge on any atom is -0.267 e. The van der Waals surface area contributed by atoms with Gasteiger partial charge in [0, 0.05) is 31.5 Å². The predicted octanol–water partition coefficient (Wildman–Crippen LogP) is 2.30. The van der Waals surface area contributed by atoms with Crippen molar-refractivity contribution in [3.63, 3.8) is 0 Å². The third kappa shape index (κ3) is 2.52. The normalized spacial score (nSPS) is 18.4. The quantitative estimate of drug-likeness (QED) is 0.630. The molecule has 0 aliphatic carbocycles. The van der Waals surface area contributed by atoms with Gasteiger partial charge >= 0.3 is 15.0 Å². The van der Waals surface area contributed by atoms with E-state index in [1.165, 1.54) is 52.8 Å². The van der Waals surface area contributed by atoms with Gasteiger partial charge in [-0.15, -0.1) is 0 Å². The van der Waals surface area contributed by atoms with Crippen LogP contribution < -0.4 is 0 Å². The Hall–Kier alpha value is -1.29. The fourth-order valence-corrected chi connectivity index (χ4v) is 4.82. The molecule has 9 heteroatoms. The van der Waals surface area contributed by atoms with E-state index in [1.807, 2.05) is 0 Å². The first-order valence-electron chi connectivity index (χ1n) is 4.63. The van der Waals surface area contributed by atoms with Gasteiger partial charge in [0.2, 0.25) is 0 Å². The van der Waals surface area contributed by atoms with Gasteiger partial charge in [0.25, 0.3) is 0 Å². The van der Waals surface area contributed by atoms with Crippen LogP contribution in [0.2, 0.25) is 0 Å². The van der Waals surface area contributed by atoms with Crippen LogP contribution in [0.25, 0.3) is 0 Å². The van der Waals surface area contributed by atoms with Crippen molar-refractivity contribution in [2.75, 3.05) is 6.66 Å². The molecule has 7 nitrogen and oxygen atoms in total. The highest BCUT2D eigenvalue weighted by molar-refractivity contribution is 7.70. The van der Waals surface area contributed by atoms with Crippen molar-refractivity contribution >= 4 is 15.0 Å². The number of aromatic nitrogens is 4. The molecular weight excluding hydrogens is 262 g/mol. The monoisotopic (exact) mass is 273 g/mol. The van der Waals surface area contributed by atoms with E-state index in [1.54, 1.807) is 0 Å². The number of hydrogen-bond acceptors (Lipinski definition) is 5. The highest BCUT2D eigenvalue weighted by Gasteiger charge is 2.36. The number of nitrogens with zero attached hydrogens (tertiary/aromatic N) is 4. The molecular formula is C8H11N4O3P2+. The standard InChI is InChI=1S/C8H11N4O3P2/c1-16(13,11-5-3-9-7-11)15-17(2,14)12-6-4-10-8-12/h3-8H,1H2,2H3/q+1. The third-order valence-corrected chi connectivity index (χ3v) is 6.28. The summed E-state index contributed by atoms with van der Waals surface area (Å²) in [7, 11) is -6.75. The second-order valence-corrected chi connectivity index (χ2v) is 7.87. The molecule has 2 atom stereocenters. The summed E-state index contributed by atoms with van der Waals surface area (Å²) in [5, 5.41) is 0. The van der Waals surface area contributed by atoms with Gasteiger partial charge in [0.15, 0.2) is 6.66 Å². The lowest BCUT2D eigenvalue weighted by atomic mass is 11.0. The molecule has 0 spiro atoms. The van der Waals surface area contributed by atoms with Gasteiger partial charge in [0.05, 0.1) is 0 Å². The Morgan fingerprint density at radius 1 is 1.12 bits per heavy atom. The van der Waals surface area contributed by atoms with Gasteiger partial charge in [-0.05, 0) is 0 Å². The van der Waals surface area contributed by atoms with Crippen molar-refractivity contribution in [3.8, 4) is 0 Å². The van der Waals surface area contributed by atoms with E-state index in [0.29, 0.717) is 0 Å². The van der Waals surface area contributed by atoms with E-state index in [0.717, 1.165) is 0 Å². The van der Waals surface area contributed by atoms with Crippen molar-refractivity contribution in [2.24, 2.45) is 0 Å². The largest absolute Gasteiger partial charge is 0.482 e. The van der Waals surface area contributed by atoms with Crippen molar-refractivity contribution in [2.45, 2.75) is 0 Å². The molecule has 0 saturated carbocycles. The molecule has 90 valence electrons. The maximum Gasteiger partial charge on any atom is 0.482 e. The molecule has 0 amide bonds. The first-order valence-corrected chi connectivity index (χ1v) is 8.41. The predicted molar refractivity (Wildman–Crippen MR) is 62.8 cm³/mol. The molecule has 17 heavy (non-hydrogen) atoms. The van der Waals surface area contributed by atoms with Crippen molar-refractivity contribution in [1.82, 2.24) is 18.6 Å². The van der Waals surface area contributed by atoms with Crippen molar-refractivity contribution < 1.29 is 13.4 Å². The lowest BCUT2D eigenvalue weighted by molar-refractivity contribution is 0.453. The highest BCUT2D eigenvalue weighted by Crippen LogP contribution is 2.61. The second kappa shape index (κ2) is 4.18. The first kappa shape index (κ1) is 12.2. The van der Waals surface area contributed by atoms with Crippen LogP contribution in [0.15, 0.2) is 37.4 Å². The zero-order chi connectivity index (χ0) is 12.5. The van der Waals surface area contributed by atoms with Gasteiger partial charge in [-0.25, -0.2) is 23.2 Å². The Morgan fingerprint density at radius 3 is 2.12 bits per heavy atom. The van der Waals surface area contributed by atoms with E-state index < -0.39 is 15.0 Å². The van der Waals surface area contributed by atoms with E-state index in [9.17, 15) is 9.13 Å². The minimum atomic E-state index is -3.47. The Labute approximate surface area is 98.5 Å². The number of imidazole rings is 2. The smallest absolute Gasteiger partial charge is 0.267 e. The molecule has 0 saturated heterocycles. The van der Waals surface area contributed by atoms with Gasteiger partial charge < -0.3 is 0 Å². The summed E-state index contributed by atoms with van der Waals surface area (Å²) in [6.07, 6.45) is 8.48. The van der Waals surface area contributed by atoms with Crippen molar-refractivity contribution in [3.05, 3.63) is 44.1 Å². The van der Waals surface area contributed by atoms with Crippen LogP contribution in [0.3, 0.4) is 0 Å². The minimum absolute atomic E-state index is 1.21. The van der Waals surface area contributed by atoms with E-state index >= 15 is 0 Å². The van der Waals surface area contributed by atoms with Crippen LogP contribution in [0.5, 0.6) is 0 Å². The van der Waals surface area contributed by atoms with Crippen LogP contribution in [0, 0.1) is 6.66 Å². The lowest BCUT2D eigenvalue weighted by Gasteiger charge is -2.15. The van der Waals surface area contributed by atoms with Crippen LogP contribution in [-0.2, 0) is 13.4 Å². The van der Waals surface area contributed by atoms with E-state index in [4.69, 9.17) is 4.31 Å². The fourth-order valence-electron chi connectivity index (χ4n) is 1.22. The molecule has 2 aromatic heterocycles. The molecule has 2 rings (SSSR count). The molecule has 0 radical (unpaired) electrons.